The molecule has 1 aliphatic heterocycles. The van der Waals surface area contributed by atoms with Crippen molar-refractivity contribution in [3.63, 3.8) is 0 Å². The fraction of sp³-hybridized carbons (Fsp3) is 0.846. The minimum absolute atomic E-state index is 0.0350. The predicted molar refractivity (Wildman–Crippen MR) is 73.1 cm³/mol. The minimum Gasteiger partial charge on any atom is -0.481 e. The number of carbonyl (C=O) groups is 2. The van der Waals surface area contributed by atoms with E-state index in [0.29, 0.717) is 18.9 Å². The molecule has 2 N–H and O–H groups in total. The Balaban J connectivity index is 2.29. The van der Waals surface area contributed by atoms with Gasteiger partial charge in [0.25, 0.3) is 0 Å². The van der Waals surface area contributed by atoms with E-state index < -0.39 is 5.97 Å². The van der Waals surface area contributed by atoms with Gasteiger partial charge in [-0.3, -0.25) is 4.79 Å². The number of nitrogens with one attached hydrogen (secondary N) is 1. The monoisotopic (exact) mass is 271 g/mol. The molecule has 1 saturated heterocycles. The summed E-state index contributed by atoms with van der Waals surface area (Å²) < 4.78 is 0. The maximum absolute atomic E-state index is 12.0. The predicted octanol–water partition coefficient (Wildman–Crippen LogP) is 0.833. The van der Waals surface area contributed by atoms with Gasteiger partial charge in [0, 0.05) is 32.1 Å². The lowest BCUT2D eigenvalue weighted by Gasteiger charge is -2.23. The molecule has 0 aromatic heterocycles. The summed E-state index contributed by atoms with van der Waals surface area (Å²) in [4.78, 5) is 26.3. The van der Waals surface area contributed by atoms with Crippen LogP contribution in [0.2, 0.25) is 0 Å². The third kappa shape index (κ3) is 5.92. The molecule has 0 aromatic rings. The van der Waals surface area contributed by atoms with Crippen LogP contribution < -0.4 is 5.32 Å². The number of aliphatic carboxylic acids is 1. The summed E-state index contributed by atoms with van der Waals surface area (Å²) in [6.45, 7) is 4.19. The second-order valence-electron chi connectivity index (χ2n) is 5.65. The molecule has 6 heteroatoms. The molecule has 0 radical (unpaired) electrons. The highest BCUT2D eigenvalue weighted by Gasteiger charge is 2.27. The van der Waals surface area contributed by atoms with Gasteiger partial charge >= 0.3 is 12.0 Å². The van der Waals surface area contributed by atoms with E-state index in [-0.39, 0.29) is 18.5 Å². The van der Waals surface area contributed by atoms with Crippen molar-refractivity contribution < 1.29 is 14.7 Å². The van der Waals surface area contributed by atoms with E-state index in [4.69, 9.17) is 5.11 Å². The van der Waals surface area contributed by atoms with Crippen molar-refractivity contribution in [3.8, 4) is 0 Å². The number of hydrogen-bond donors (Lipinski definition) is 2. The topological polar surface area (TPSA) is 72.9 Å². The Morgan fingerprint density at radius 3 is 2.74 bits per heavy atom. The number of amides is 2. The number of carboxylic acid groups (broad SMARTS) is 1. The molecular weight excluding hydrogens is 246 g/mol. The van der Waals surface area contributed by atoms with Gasteiger partial charge in [-0.05, 0) is 39.8 Å². The van der Waals surface area contributed by atoms with Crippen LogP contribution in [0.1, 0.15) is 26.2 Å². The van der Waals surface area contributed by atoms with Crippen molar-refractivity contribution >= 4 is 12.0 Å². The van der Waals surface area contributed by atoms with Crippen molar-refractivity contribution in [1.82, 2.24) is 15.1 Å². The third-order valence-corrected chi connectivity index (χ3v) is 3.35. The molecule has 0 aromatic carbocycles. The fourth-order valence-corrected chi connectivity index (χ4v) is 2.48. The standard InChI is InChI=1S/C13H25N3O3/c1-10(8-15(2)3)14-13(19)16-7-6-11(9-16)4-5-12(17)18/h10-11H,4-9H2,1-3H3,(H,14,19)(H,17,18). The number of carbonyl (C=O) groups excluding carboxylic acids is 1. The summed E-state index contributed by atoms with van der Waals surface area (Å²) in [7, 11) is 3.95. The Kier molecular flexibility index (Phi) is 6.08. The zero-order chi connectivity index (χ0) is 14.4. The molecule has 2 amide bonds. The SMILES string of the molecule is CC(CN(C)C)NC(=O)N1CCC(CCC(=O)O)C1. The average molecular weight is 271 g/mol. The number of hydrogen-bond acceptors (Lipinski definition) is 3. The van der Waals surface area contributed by atoms with Crippen LogP contribution in [0.25, 0.3) is 0 Å². The average Bonchev–Trinajstić information content (AvgIpc) is 2.73. The Labute approximate surface area is 114 Å². The summed E-state index contributed by atoms with van der Waals surface area (Å²) in [5.74, 6) is -0.437. The van der Waals surface area contributed by atoms with E-state index in [1.807, 2.05) is 25.9 Å². The minimum atomic E-state index is -0.762. The maximum Gasteiger partial charge on any atom is 0.317 e. The molecule has 110 valence electrons. The Morgan fingerprint density at radius 1 is 1.47 bits per heavy atom. The summed E-state index contributed by atoms with van der Waals surface area (Å²) in [5, 5.41) is 11.6. The van der Waals surface area contributed by atoms with Crippen LogP contribution in [-0.4, -0.2) is 66.7 Å². The van der Waals surface area contributed by atoms with Crippen LogP contribution in [0.3, 0.4) is 0 Å². The van der Waals surface area contributed by atoms with Gasteiger partial charge in [-0.15, -0.1) is 0 Å². The van der Waals surface area contributed by atoms with Crippen LogP contribution in [0.15, 0.2) is 0 Å². The van der Waals surface area contributed by atoms with Gasteiger partial charge in [0.05, 0.1) is 0 Å². The Hall–Kier alpha value is -1.30. The van der Waals surface area contributed by atoms with E-state index in [2.05, 4.69) is 5.32 Å². The van der Waals surface area contributed by atoms with Gasteiger partial charge in [-0.2, -0.15) is 0 Å². The molecule has 0 aliphatic carbocycles. The van der Waals surface area contributed by atoms with E-state index in [9.17, 15) is 9.59 Å². The molecule has 6 nitrogen and oxygen atoms in total. The highest BCUT2D eigenvalue weighted by Crippen LogP contribution is 2.20. The molecule has 2 unspecified atom stereocenters. The van der Waals surface area contributed by atoms with E-state index >= 15 is 0 Å². The second kappa shape index (κ2) is 7.33. The summed E-state index contributed by atoms with van der Waals surface area (Å²) >= 11 is 0. The zero-order valence-corrected chi connectivity index (χ0v) is 12.1. The van der Waals surface area contributed by atoms with Gasteiger partial charge in [0.1, 0.15) is 0 Å². The van der Waals surface area contributed by atoms with E-state index in [1.54, 1.807) is 4.90 Å². The van der Waals surface area contributed by atoms with E-state index in [1.165, 1.54) is 0 Å². The molecule has 0 spiro atoms. The van der Waals surface area contributed by atoms with E-state index in [0.717, 1.165) is 19.5 Å². The van der Waals surface area contributed by atoms with Crippen LogP contribution in [0.5, 0.6) is 0 Å². The van der Waals surface area contributed by atoms with Gasteiger partial charge in [-0.1, -0.05) is 0 Å². The van der Waals surface area contributed by atoms with Crippen molar-refractivity contribution in [2.45, 2.75) is 32.2 Å². The number of nitrogens with zero attached hydrogens (tertiary/aromatic N) is 2. The molecule has 0 bridgehead atoms. The van der Waals surface area contributed by atoms with Crippen LogP contribution in [0.4, 0.5) is 4.79 Å². The summed E-state index contributed by atoms with van der Waals surface area (Å²) in [6.07, 6.45) is 1.76. The summed E-state index contributed by atoms with van der Waals surface area (Å²) in [5.41, 5.74) is 0. The molecule has 1 rings (SSSR count). The van der Waals surface area contributed by atoms with Crippen molar-refractivity contribution in [3.05, 3.63) is 0 Å². The number of urea groups is 1. The lowest BCUT2D eigenvalue weighted by molar-refractivity contribution is -0.137. The van der Waals surface area contributed by atoms with Gasteiger partial charge in [0.2, 0.25) is 0 Å². The van der Waals surface area contributed by atoms with Crippen molar-refractivity contribution in [2.24, 2.45) is 5.92 Å². The highest BCUT2D eigenvalue weighted by atomic mass is 16.4. The molecule has 19 heavy (non-hydrogen) atoms. The molecule has 1 aliphatic rings. The number of rotatable bonds is 6. The molecule has 1 heterocycles. The first-order chi connectivity index (χ1) is 8.88. The normalized spacial score (nSPS) is 20.6. The zero-order valence-electron chi connectivity index (χ0n) is 12.1. The van der Waals surface area contributed by atoms with Crippen molar-refractivity contribution in [1.29, 1.82) is 0 Å². The number of likely N-dealkylation sites (N-methyl/N-ethyl adjacent to an activating group) is 1. The van der Waals surface area contributed by atoms with Crippen molar-refractivity contribution in [2.75, 3.05) is 33.7 Å². The number of likely N-dealkylation sites (tertiary alicyclic amines) is 1. The largest absolute Gasteiger partial charge is 0.481 e. The first-order valence-electron chi connectivity index (χ1n) is 6.80. The molecule has 0 saturated carbocycles. The molecule has 1 fully saturated rings. The quantitative estimate of drug-likeness (QED) is 0.750. The smallest absolute Gasteiger partial charge is 0.317 e. The lowest BCUT2D eigenvalue weighted by atomic mass is 10.0. The van der Waals surface area contributed by atoms with Gasteiger partial charge in [-0.25, -0.2) is 4.79 Å². The van der Waals surface area contributed by atoms with Gasteiger partial charge < -0.3 is 20.2 Å². The van der Waals surface area contributed by atoms with Gasteiger partial charge in [0.15, 0.2) is 0 Å². The Bertz CT molecular complexity index is 320. The first-order valence-corrected chi connectivity index (χ1v) is 6.80. The summed E-state index contributed by atoms with van der Waals surface area (Å²) in [6, 6.07) is 0.0766. The third-order valence-electron chi connectivity index (χ3n) is 3.35. The van der Waals surface area contributed by atoms with Crippen LogP contribution in [-0.2, 0) is 4.79 Å². The highest BCUT2D eigenvalue weighted by molar-refractivity contribution is 5.74. The molecule has 2 atom stereocenters. The maximum atomic E-state index is 12.0. The van der Waals surface area contributed by atoms with Crippen LogP contribution >= 0.6 is 0 Å². The Morgan fingerprint density at radius 2 is 2.16 bits per heavy atom. The van der Waals surface area contributed by atoms with Crippen LogP contribution in [0, 0.1) is 5.92 Å². The fourth-order valence-electron chi connectivity index (χ4n) is 2.48. The molecular formula is C13H25N3O3. The second-order valence-corrected chi connectivity index (χ2v) is 5.65. The first kappa shape index (κ1) is 15.8. The number of carboxylic acids is 1. The lowest BCUT2D eigenvalue weighted by Crippen LogP contribution is -2.46.